The number of hydrogen-bond donors (Lipinski definition) is 3. The second-order valence-corrected chi connectivity index (χ2v) is 5.51. The minimum absolute atomic E-state index is 0.239. The average Bonchev–Trinajstić information content (AvgIpc) is 2.63. The summed E-state index contributed by atoms with van der Waals surface area (Å²) in [6, 6.07) is 16.8. The van der Waals surface area contributed by atoms with Crippen molar-refractivity contribution in [3.8, 4) is 5.75 Å². The molecule has 6 heteroatoms. The smallest absolute Gasteiger partial charge is 0.238 e. The van der Waals surface area contributed by atoms with E-state index in [0.29, 0.717) is 19.7 Å². The summed E-state index contributed by atoms with van der Waals surface area (Å²) in [7, 11) is 0. The summed E-state index contributed by atoms with van der Waals surface area (Å²) in [5, 5.41) is 13.2. The zero-order chi connectivity index (χ0) is 17.2. The molecule has 2 aromatic rings. The van der Waals surface area contributed by atoms with Crippen molar-refractivity contribution in [1.29, 1.82) is 0 Å². The van der Waals surface area contributed by atoms with E-state index in [1.165, 1.54) is 0 Å². The van der Waals surface area contributed by atoms with Crippen LogP contribution in [0.25, 0.3) is 0 Å². The third kappa shape index (κ3) is 6.20. The highest BCUT2D eigenvalue weighted by Gasteiger charge is 2.05. The maximum atomic E-state index is 11.2. The molecular formula is C18H21ClN2O3. The molecule has 0 aliphatic carbocycles. The Bertz CT molecular complexity index is 620. The Morgan fingerprint density at radius 1 is 1.12 bits per heavy atom. The van der Waals surface area contributed by atoms with Crippen LogP contribution in [0.1, 0.15) is 17.2 Å². The number of carbonyl (C=O) groups is 1. The van der Waals surface area contributed by atoms with Crippen molar-refractivity contribution in [1.82, 2.24) is 10.2 Å². The molecule has 0 bridgehead atoms. The van der Waals surface area contributed by atoms with E-state index in [-0.39, 0.29) is 12.3 Å². The Kier molecular flexibility index (Phi) is 7.55. The molecule has 0 fully saturated rings. The molecule has 0 unspecified atom stereocenters. The van der Waals surface area contributed by atoms with Crippen LogP contribution in [-0.2, 0) is 11.2 Å². The molecule has 5 nitrogen and oxygen atoms in total. The number of amides is 1. The van der Waals surface area contributed by atoms with E-state index in [9.17, 15) is 9.90 Å². The van der Waals surface area contributed by atoms with Gasteiger partial charge < -0.3 is 15.2 Å². The van der Waals surface area contributed by atoms with Gasteiger partial charge in [-0.2, -0.15) is 0 Å². The van der Waals surface area contributed by atoms with Crippen molar-refractivity contribution in [2.24, 2.45) is 0 Å². The minimum atomic E-state index is -0.529. The summed E-state index contributed by atoms with van der Waals surface area (Å²) < 4.78 is 5.61. The number of aliphatic hydroxyl groups is 1. The SMILES string of the molecule is O=C(Cc1ccc(OCCNC[C@H](O)c2ccccc2)cc1)NCl. The lowest BCUT2D eigenvalue weighted by Gasteiger charge is -2.12. The normalized spacial score (nSPS) is 11.8. The molecule has 2 aromatic carbocycles. The topological polar surface area (TPSA) is 70.6 Å². The number of nitrogens with one attached hydrogen (secondary N) is 2. The molecule has 2 rings (SSSR count). The fourth-order valence-electron chi connectivity index (χ4n) is 2.20. The summed E-state index contributed by atoms with van der Waals surface area (Å²) >= 11 is 5.24. The minimum Gasteiger partial charge on any atom is -0.492 e. The first kappa shape index (κ1) is 18.3. The van der Waals surface area contributed by atoms with Crippen LogP contribution in [0.15, 0.2) is 54.6 Å². The molecule has 0 spiro atoms. The van der Waals surface area contributed by atoms with E-state index in [1.807, 2.05) is 54.6 Å². The van der Waals surface area contributed by atoms with Gasteiger partial charge >= 0.3 is 0 Å². The molecule has 1 amide bonds. The van der Waals surface area contributed by atoms with Crippen molar-refractivity contribution in [3.63, 3.8) is 0 Å². The first-order valence-corrected chi connectivity index (χ1v) is 8.12. The predicted molar refractivity (Wildman–Crippen MR) is 93.9 cm³/mol. The lowest BCUT2D eigenvalue weighted by molar-refractivity contribution is -0.118. The molecule has 0 aliphatic rings. The maximum absolute atomic E-state index is 11.2. The molecule has 0 saturated carbocycles. The monoisotopic (exact) mass is 348 g/mol. The molecule has 0 saturated heterocycles. The first-order chi connectivity index (χ1) is 11.7. The second kappa shape index (κ2) is 9.93. The highest BCUT2D eigenvalue weighted by molar-refractivity contribution is 6.21. The summed E-state index contributed by atoms with van der Waals surface area (Å²) in [4.78, 5) is 13.2. The van der Waals surface area contributed by atoms with Crippen LogP contribution in [0.3, 0.4) is 0 Å². The highest BCUT2D eigenvalue weighted by Crippen LogP contribution is 2.13. The fourth-order valence-corrected chi connectivity index (χ4v) is 2.26. The third-order valence-electron chi connectivity index (χ3n) is 3.46. The van der Waals surface area contributed by atoms with Gasteiger partial charge in [-0.05, 0) is 23.3 Å². The van der Waals surface area contributed by atoms with Crippen LogP contribution >= 0.6 is 11.8 Å². The van der Waals surface area contributed by atoms with Crippen LogP contribution < -0.4 is 14.9 Å². The number of aliphatic hydroxyl groups excluding tert-OH is 1. The number of benzene rings is 2. The van der Waals surface area contributed by atoms with Gasteiger partial charge in [-0.15, -0.1) is 0 Å². The molecule has 0 aliphatic heterocycles. The summed E-state index contributed by atoms with van der Waals surface area (Å²) in [6.45, 7) is 1.59. The summed E-state index contributed by atoms with van der Waals surface area (Å²) in [5.74, 6) is 0.488. The van der Waals surface area contributed by atoms with Gasteiger partial charge in [0.2, 0.25) is 5.91 Å². The Morgan fingerprint density at radius 3 is 2.50 bits per heavy atom. The van der Waals surface area contributed by atoms with Crippen LogP contribution in [-0.4, -0.2) is 30.7 Å². The van der Waals surface area contributed by atoms with Crippen molar-refractivity contribution in [2.45, 2.75) is 12.5 Å². The number of hydrogen-bond acceptors (Lipinski definition) is 4. The Hall–Kier alpha value is -2.08. The van der Waals surface area contributed by atoms with Crippen LogP contribution in [0.4, 0.5) is 0 Å². The quantitative estimate of drug-likeness (QED) is 0.480. The fraction of sp³-hybridized carbons (Fsp3) is 0.278. The van der Waals surface area contributed by atoms with Crippen molar-refractivity contribution in [2.75, 3.05) is 19.7 Å². The molecule has 0 aromatic heterocycles. The largest absolute Gasteiger partial charge is 0.492 e. The van der Waals surface area contributed by atoms with E-state index in [0.717, 1.165) is 16.9 Å². The molecule has 0 heterocycles. The Morgan fingerprint density at radius 2 is 1.83 bits per heavy atom. The lowest BCUT2D eigenvalue weighted by Crippen LogP contribution is -2.26. The van der Waals surface area contributed by atoms with Gasteiger partial charge in [0.15, 0.2) is 0 Å². The van der Waals surface area contributed by atoms with Gasteiger partial charge in [0.1, 0.15) is 12.4 Å². The second-order valence-electron chi connectivity index (χ2n) is 5.32. The van der Waals surface area contributed by atoms with Crippen molar-refractivity contribution in [3.05, 3.63) is 65.7 Å². The van der Waals surface area contributed by atoms with Crippen molar-refractivity contribution < 1.29 is 14.6 Å². The molecule has 0 radical (unpaired) electrons. The van der Waals surface area contributed by atoms with E-state index >= 15 is 0 Å². The molecule has 128 valence electrons. The predicted octanol–water partition coefficient (Wildman–Crippen LogP) is 2.20. The number of halogens is 1. The van der Waals surface area contributed by atoms with Gasteiger partial charge in [-0.3, -0.25) is 9.63 Å². The van der Waals surface area contributed by atoms with Crippen molar-refractivity contribution >= 4 is 17.7 Å². The first-order valence-electron chi connectivity index (χ1n) is 7.74. The molecule has 3 N–H and O–H groups in total. The van der Waals surface area contributed by atoms with Crippen LogP contribution in [0.5, 0.6) is 5.75 Å². The maximum Gasteiger partial charge on any atom is 0.238 e. The molecular weight excluding hydrogens is 328 g/mol. The van der Waals surface area contributed by atoms with Gasteiger partial charge in [0.25, 0.3) is 0 Å². The standard InChI is InChI=1S/C18H21ClN2O3/c19-21-18(23)12-14-6-8-16(9-7-14)24-11-10-20-13-17(22)15-4-2-1-3-5-15/h1-9,17,20,22H,10-13H2,(H,21,23)/t17-/m0/s1. The number of rotatable bonds is 9. The molecule has 1 atom stereocenters. The zero-order valence-electron chi connectivity index (χ0n) is 13.2. The van der Waals surface area contributed by atoms with Crippen LogP contribution in [0.2, 0.25) is 0 Å². The van der Waals surface area contributed by atoms with E-state index in [4.69, 9.17) is 16.5 Å². The Balaban J connectivity index is 1.64. The van der Waals surface area contributed by atoms with Gasteiger partial charge in [0, 0.05) is 24.9 Å². The summed E-state index contributed by atoms with van der Waals surface area (Å²) in [5.41, 5.74) is 1.76. The number of carbonyl (C=O) groups excluding carboxylic acids is 1. The molecule has 24 heavy (non-hydrogen) atoms. The van der Waals surface area contributed by atoms with Gasteiger partial charge in [0.05, 0.1) is 12.5 Å². The highest BCUT2D eigenvalue weighted by atomic mass is 35.5. The summed E-state index contributed by atoms with van der Waals surface area (Å²) in [6.07, 6.45) is -0.290. The Labute approximate surface area is 146 Å². The van der Waals surface area contributed by atoms with E-state index in [2.05, 4.69) is 10.2 Å². The lowest BCUT2D eigenvalue weighted by atomic mass is 10.1. The third-order valence-corrected chi connectivity index (χ3v) is 3.67. The van der Waals surface area contributed by atoms with E-state index in [1.54, 1.807) is 0 Å². The zero-order valence-corrected chi connectivity index (χ0v) is 14.0. The average molecular weight is 349 g/mol. The van der Waals surface area contributed by atoms with Gasteiger partial charge in [-0.1, -0.05) is 42.5 Å². The number of ether oxygens (including phenoxy) is 1. The van der Waals surface area contributed by atoms with Gasteiger partial charge in [-0.25, -0.2) is 0 Å². The van der Waals surface area contributed by atoms with E-state index < -0.39 is 6.10 Å². The van der Waals surface area contributed by atoms with Crippen LogP contribution in [0, 0.1) is 0 Å².